The van der Waals surface area contributed by atoms with Crippen molar-refractivity contribution >= 4 is 29.4 Å². The molecule has 0 unspecified atom stereocenters. The van der Waals surface area contributed by atoms with E-state index in [4.69, 9.17) is 11.6 Å². The van der Waals surface area contributed by atoms with Crippen LogP contribution in [0.1, 0.15) is 23.2 Å². The van der Waals surface area contributed by atoms with E-state index in [1.54, 1.807) is 34.1 Å². The van der Waals surface area contributed by atoms with Crippen LogP contribution in [0.5, 0.6) is 0 Å². The summed E-state index contributed by atoms with van der Waals surface area (Å²) in [7, 11) is 0. The molecule has 7 heteroatoms. The van der Waals surface area contributed by atoms with Gasteiger partial charge >= 0.3 is 5.97 Å². The number of carbonyl (C=O) groups excluding carboxylic acids is 2. The summed E-state index contributed by atoms with van der Waals surface area (Å²) in [6.07, 6.45) is 0.811. The largest absolute Gasteiger partial charge is 0.480 e. The Morgan fingerprint density at radius 3 is 2.17 bits per heavy atom. The van der Waals surface area contributed by atoms with Gasteiger partial charge in [-0.2, -0.15) is 0 Å². The summed E-state index contributed by atoms with van der Waals surface area (Å²) in [5.74, 6) is -1.49. The molecule has 1 aromatic carbocycles. The molecule has 1 aliphatic carbocycles. The van der Waals surface area contributed by atoms with Crippen LogP contribution in [-0.4, -0.2) is 58.9 Å². The molecule has 1 saturated heterocycles. The molecule has 1 saturated carbocycles. The van der Waals surface area contributed by atoms with E-state index >= 15 is 0 Å². The number of carbonyl (C=O) groups is 3. The van der Waals surface area contributed by atoms with Crippen LogP contribution in [0.4, 0.5) is 0 Å². The molecule has 0 spiro atoms. The Morgan fingerprint density at radius 1 is 1.04 bits per heavy atom. The number of benzene rings is 1. The maximum Gasteiger partial charge on any atom is 0.319 e. The smallest absolute Gasteiger partial charge is 0.319 e. The molecular weight excluding hydrogens is 320 g/mol. The molecule has 2 fully saturated rings. The van der Waals surface area contributed by atoms with Gasteiger partial charge in [0.1, 0.15) is 5.41 Å². The number of rotatable bonds is 3. The first-order chi connectivity index (χ1) is 10.9. The first kappa shape index (κ1) is 15.8. The predicted molar refractivity (Wildman–Crippen MR) is 83.2 cm³/mol. The Morgan fingerprint density at radius 2 is 1.65 bits per heavy atom. The molecule has 0 aromatic heterocycles. The van der Waals surface area contributed by atoms with Crippen molar-refractivity contribution in [3.05, 3.63) is 34.9 Å². The van der Waals surface area contributed by atoms with Gasteiger partial charge in [-0.1, -0.05) is 17.7 Å². The van der Waals surface area contributed by atoms with Crippen LogP contribution in [0.2, 0.25) is 5.02 Å². The highest BCUT2D eigenvalue weighted by Crippen LogP contribution is 2.47. The number of aliphatic carboxylic acids is 1. The van der Waals surface area contributed by atoms with Crippen LogP contribution in [0.15, 0.2) is 24.3 Å². The second kappa shape index (κ2) is 5.85. The third-order valence-electron chi connectivity index (χ3n) is 4.49. The number of carboxylic acid groups (broad SMARTS) is 1. The first-order valence-corrected chi connectivity index (χ1v) is 7.89. The first-order valence-electron chi connectivity index (χ1n) is 7.52. The van der Waals surface area contributed by atoms with Crippen molar-refractivity contribution in [3.8, 4) is 0 Å². The molecule has 2 amide bonds. The molecule has 1 aromatic rings. The third kappa shape index (κ3) is 2.91. The zero-order valence-electron chi connectivity index (χ0n) is 12.5. The Bertz CT molecular complexity index is 664. The standard InChI is InChI=1S/C16H17ClN2O4/c17-12-3-1-2-11(10-12)13(20)18-6-8-19(9-7-18)14(21)16(4-5-16)15(22)23/h1-3,10H,4-9H2,(H,22,23). The predicted octanol–water partition coefficient (Wildman–Crippen LogP) is 1.49. The highest BCUT2D eigenvalue weighted by atomic mass is 35.5. The van der Waals surface area contributed by atoms with E-state index in [0.717, 1.165) is 0 Å². The van der Waals surface area contributed by atoms with E-state index in [2.05, 4.69) is 0 Å². The van der Waals surface area contributed by atoms with Gasteiger partial charge in [0.25, 0.3) is 5.91 Å². The number of amides is 2. The van der Waals surface area contributed by atoms with Gasteiger partial charge < -0.3 is 14.9 Å². The van der Waals surface area contributed by atoms with E-state index in [1.165, 1.54) is 0 Å². The molecule has 2 aliphatic rings. The lowest BCUT2D eigenvalue weighted by Crippen LogP contribution is -2.53. The molecule has 122 valence electrons. The third-order valence-corrected chi connectivity index (χ3v) is 4.73. The minimum absolute atomic E-state index is 0.126. The molecule has 1 aliphatic heterocycles. The summed E-state index contributed by atoms with van der Waals surface area (Å²) >= 11 is 5.90. The lowest BCUT2D eigenvalue weighted by atomic mass is 10.1. The lowest BCUT2D eigenvalue weighted by molar-refractivity contribution is -0.154. The number of piperazine rings is 1. The second-order valence-electron chi connectivity index (χ2n) is 5.98. The molecule has 0 radical (unpaired) electrons. The van der Waals surface area contributed by atoms with Gasteiger partial charge in [-0.15, -0.1) is 0 Å². The summed E-state index contributed by atoms with van der Waals surface area (Å²) in [5.41, 5.74) is -0.694. The van der Waals surface area contributed by atoms with Gasteiger partial charge in [0.15, 0.2) is 0 Å². The number of hydrogen-bond acceptors (Lipinski definition) is 3. The molecule has 1 N–H and O–H groups in total. The number of halogens is 1. The van der Waals surface area contributed by atoms with Crippen molar-refractivity contribution in [3.63, 3.8) is 0 Å². The van der Waals surface area contributed by atoms with Crippen LogP contribution in [0.25, 0.3) is 0 Å². The summed E-state index contributed by atoms with van der Waals surface area (Å²) in [5, 5.41) is 9.70. The van der Waals surface area contributed by atoms with Crippen molar-refractivity contribution in [2.24, 2.45) is 5.41 Å². The van der Waals surface area contributed by atoms with Crippen LogP contribution in [0.3, 0.4) is 0 Å². The fourth-order valence-corrected chi connectivity index (χ4v) is 3.05. The van der Waals surface area contributed by atoms with E-state index in [0.29, 0.717) is 49.6 Å². The summed E-state index contributed by atoms with van der Waals surface area (Å²) in [6, 6.07) is 6.75. The van der Waals surface area contributed by atoms with Gasteiger partial charge in [0, 0.05) is 36.8 Å². The molecule has 6 nitrogen and oxygen atoms in total. The van der Waals surface area contributed by atoms with Gasteiger partial charge in [-0.05, 0) is 31.0 Å². The Kier molecular flexibility index (Phi) is 4.02. The maximum atomic E-state index is 12.4. The number of carboxylic acids is 1. The van der Waals surface area contributed by atoms with Crippen LogP contribution >= 0.6 is 11.6 Å². The van der Waals surface area contributed by atoms with Gasteiger partial charge in [-0.3, -0.25) is 14.4 Å². The van der Waals surface area contributed by atoms with Crippen LogP contribution in [-0.2, 0) is 9.59 Å². The molecule has 23 heavy (non-hydrogen) atoms. The topological polar surface area (TPSA) is 77.9 Å². The maximum absolute atomic E-state index is 12.4. The Hall–Kier alpha value is -2.08. The van der Waals surface area contributed by atoms with Crippen molar-refractivity contribution in [2.45, 2.75) is 12.8 Å². The van der Waals surface area contributed by atoms with Crippen molar-refractivity contribution in [2.75, 3.05) is 26.2 Å². The second-order valence-corrected chi connectivity index (χ2v) is 6.42. The summed E-state index contributed by atoms with van der Waals surface area (Å²) in [4.78, 5) is 39.2. The fourth-order valence-electron chi connectivity index (χ4n) is 2.86. The molecule has 3 rings (SSSR count). The normalized spacial score (nSPS) is 19.3. The van der Waals surface area contributed by atoms with Gasteiger partial charge in [-0.25, -0.2) is 0 Å². The van der Waals surface area contributed by atoms with E-state index in [1.807, 2.05) is 0 Å². The van der Waals surface area contributed by atoms with E-state index in [9.17, 15) is 19.5 Å². The molecule has 1 heterocycles. The Labute approximate surface area is 138 Å². The highest BCUT2D eigenvalue weighted by Gasteiger charge is 2.58. The fraction of sp³-hybridized carbons (Fsp3) is 0.438. The van der Waals surface area contributed by atoms with Gasteiger partial charge in [0.05, 0.1) is 0 Å². The van der Waals surface area contributed by atoms with Gasteiger partial charge in [0.2, 0.25) is 5.91 Å². The van der Waals surface area contributed by atoms with Crippen LogP contribution in [0, 0.1) is 5.41 Å². The van der Waals surface area contributed by atoms with Crippen molar-refractivity contribution < 1.29 is 19.5 Å². The quantitative estimate of drug-likeness (QED) is 0.848. The zero-order valence-corrected chi connectivity index (χ0v) is 13.3. The minimum atomic E-state index is -1.21. The average molecular weight is 337 g/mol. The number of nitrogens with zero attached hydrogens (tertiary/aromatic N) is 2. The minimum Gasteiger partial charge on any atom is -0.480 e. The Balaban J connectivity index is 1.61. The monoisotopic (exact) mass is 336 g/mol. The SMILES string of the molecule is O=C(c1cccc(Cl)c1)N1CCN(C(=O)C2(C(=O)O)CC2)CC1. The van der Waals surface area contributed by atoms with Crippen molar-refractivity contribution in [1.82, 2.24) is 9.80 Å². The van der Waals surface area contributed by atoms with Crippen molar-refractivity contribution in [1.29, 1.82) is 0 Å². The lowest BCUT2D eigenvalue weighted by Gasteiger charge is -2.36. The zero-order chi connectivity index (χ0) is 16.6. The van der Waals surface area contributed by atoms with Crippen LogP contribution < -0.4 is 0 Å². The average Bonchev–Trinajstić information content (AvgIpc) is 3.35. The van der Waals surface area contributed by atoms with E-state index < -0.39 is 11.4 Å². The van der Waals surface area contributed by atoms with E-state index in [-0.39, 0.29) is 11.8 Å². The highest BCUT2D eigenvalue weighted by molar-refractivity contribution is 6.30. The molecule has 0 atom stereocenters. The summed E-state index contributed by atoms with van der Waals surface area (Å²) in [6.45, 7) is 1.51. The number of hydrogen-bond donors (Lipinski definition) is 1. The molecule has 0 bridgehead atoms. The summed E-state index contributed by atoms with van der Waals surface area (Å²) < 4.78 is 0. The molecular formula is C16H17ClN2O4.